The molecule has 0 spiro atoms. The molecule has 1 aromatic heterocycles. The zero-order valence-corrected chi connectivity index (χ0v) is 15.3. The summed E-state index contributed by atoms with van der Waals surface area (Å²) < 4.78 is 10.7. The SMILES string of the molecule is CCC(NC(=O)c1cc(-c2ccc3c(c2)OCO3)n[nH]1)c1ccc(C)cc1. The summed E-state index contributed by atoms with van der Waals surface area (Å²) in [5.74, 6) is 1.23. The summed E-state index contributed by atoms with van der Waals surface area (Å²) in [7, 11) is 0. The van der Waals surface area contributed by atoms with E-state index >= 15 is 0 Å². The summed E-state index contributed by atoms with van der Waals surface area (Å²) in [6.07, 6.45) is 0.804. The van der Waals surface area contributed by atoms with Crippen molar-refractivity contribution in [3.05, 3.63) is 65.4 Å². The lowest BCUT2D eigenvalue weighted by atomic mass is 10.0. The van der Waals surface area contributed by atoms with Gasteiger partial charge >= 0.3 is 0 Å². The molecule has 4 rings (SSSR count). The average Bonchev–Trinajstić information content (AvgIpc) is 3.35. The second-order valence-corrected chi connectivity index (χ2v) is 6.58. The second-order valence-electron chi connectivity index (χ2n) is 6.58. The fraction of sp³-hybridized carbons (Fsp3) is 0.238. The molecule has 0 bridgehead atoms. The highest BCUT2D eigenvalue weighted by molar-refractivity contribution is 5.93. The fourth-order valence-electron chi connectivity index (χ4n) is 3.10. The van der Waals surface area contributed by atoms with Crippen LogP contribution in [-0.4, -0.2) is 22.9 Å². The van der Waals surface area contributed by atoms with E-state index in [-0.39, 0.29) is 18.7 Å². The van der Waals surface area contributed by atoms with Gasteiger partial charge in [-0.25, -0.2) is 0 Å². The van der Waals surface area contributed by atoms with Gasteiger partial charge in [0.25, 0.3) is 5.91 Å². The number of carbonyl (C=O) groups is 1. The lowest BCUT2D eigenvalue weighted by molar-refractivity contribution is 0.0930. The Kier molecular flexibility index (Phi) is 4.54. The summed E-state index contributed by atoms with van der Waals surface area (Å²) in [4.78, 5) is 12.7. The molecule has 138 valence electrons. The molecule has 27 heavy (non-hydrogen) atoms. The first-order chi connectivity index (χ1) is 13.1. The van der Waals surface area contributed by atoms with Gasteiger partial charge in [-0.15, -0.1) is 0 Å². The molecule has 0 aliphatic carbocycles. The van der Waals surface area contributed by atoms with Gasteiger partial charge in [0.2, 0.25) is 6.79 Å². The molecule has 2 heterocycles. The third-order valence-corrected chi connectivity index (χ3v) is 4.68. The van der Waals surface area contributed by atoms with Crippen LogP contribution in [0.5, 0.6) is 11.5 Å². The number of nitrogens with zero attached hydrogens (tertiary/aromatic N) is 1. The molecule has 1 atom stereocenters. The van der Waals surface area contributed by atoms with Crippen LogP contribution in [0.15, 0.2) is 48.5 Å². The number of aryl methyl sites for hydroxylation is 1. The standard InChI is InChI=1S/C21H21N3O3/c1-3-16(14-6-4-13(2)5-7-14)22-21(25)18-11-17(23-24-18)15-8-9-19-20(10-15)27-12-26-19/h4-11,16H,3,12H2,1-2H3,(H,22,25)(H,23,24). The van der Waals surface area contributed by atoms with Crippen molar-refractivity contribution in [1.29, 1.82) is 0 Å². The van der Waals surface area contributed by atoms with Crippen molar-refractivity contribution in [2.24, 2.45) is 0 Å². The molecule has 2 aromatic carbocycles. The third-order valence-electron chi connectivity index (χ3n) is 4.68. The van der Waals surface area contributed by atoms with Crippen molar-refractivity contribution in [2.75, 3.05) is 6.79 Å². The van der Waals surface area contributed by atoms with Crippen LogP contribution in [-0.2, 0) is 0 Å². The summed E-state index contributed by atoms with van der Waals surface area (Å²) in [6.45, 7) is 4.33. The van der Waals surface area contributed by atoms with Crippen LogP contribution in [0.4, 0.5) is 0 Å². The average molecular weight is 363 g/mol. The number of aromatic amines is 1. The first kappa shape index (κ1) is 17.1. The summed E-state index contributed by atoms with van der Waals surface area (Å²) in [5, 5.41) is 10.2. The monoisotopic (exact) mass is 363 g/mol. The summed E-state index contributed by atoms with van der Waals surface area (Å²) >= 11 is 0. The maximum Gasteiger partial charge on any atom is 0.269 e. The Morgan fingerprint density at radius 2 is 1.93 bits per heavy atom. The van der Waals surface area contributed by atoms with Crippen LogP contribution in [0, 0.1) is 6.92 Å². The first-order valence-electron chi connectivity index (χ1n) is 8.97. The molecule has 0 radical (unpaired) electrons. The van der Waals surface area contributed by atoms with E-state index in [1.165, 1.54) is 5.56 Å². The first-order valence-corrected chi connectivity index (χ1v) is 8.97. The van der Waals surface area contributed by atoms with Crippen LogP contribution in [0.1, 0.15) is 41.0 Å². The van der Waals surface area contributed by atoms with Gasteiger partial charge in [0.05, 0.1) is 11.7 Å². The Morgan fingerprint density at radius 3 is 2.70 bits per heavy atom. The molecule has 3 aromatic rings. The zero-order valence-electron chi connectivity index (χ0n) is 15.3. The van der Waals surface area contributed by atoms with Crippen molar-refractivity contribution < 1.29 is 14.3 Å². The van der Waals surface area contributed by atoms with Crippen LogP contribution < -0.4 is 14.8 Å². The zero-order chi connectivity index (χ0) is 18.8. The number of hydrogen-bond donors (Lipinski definition) is 2. The van der Waals surface area contributed by atoms with Gasteiger partial charge in [0.15, 0.2) is 11.5 Å². The number of nitrogens with one attached hydrogen (secondary N) is 2. The Bertz CT molecular complexity index is 963. The smallest absolute Gasteiger partial charge is 0.269 e. The number of benzene rings is 2. The normalized spacial score (nSPS) is 13.4. The molecular formula is C21H21N3O3. The van der Waals surface area contributed by atoms with Crippen molar-refractivity contribution in [3.8, 4) is 22.8 Å². The Labute approximate surface area is 157 Å². The van der Waals surface area contributed by atoms with Gasteiger partial charge in [0.1, 0.15) is 5.69 Å². The van der Waals surface area contributed by atoms with Gasteiger partial charge in [-0.1, -0.05) is 36.8 Å². The number of hydrogen-bond acceptors (Lipinski definition) is 4. The number of fused-ring (bicyclic) bond motifs is 1. The number of carbonyl (C=O) groups excluding carboxylic acids is 1. The molecule has 2 N–H and O–H groups in total. The molecule has 0 fully saturated rings. The van der Waals surface area contributed by atoms with E-state index in [0.29, 0.717) is 17.1 Å². The Balaban J connectivity index is 1.50. The van der Waals surface area contributed by atoms with Crippen molar-refractivity contribution in [3.63, 3.8) is 0 Å². The highest BCUT2D eigenvalue weighted by Gasteiger charge is 2.18. The predicted octanol–water partition coefficient (Wildman–Crippen LogP) is 3.99. The topological polar surface area (TPSA) is 76.2 Å². The van der Waals surface area contributed by atoms with E-state index in [9.17, 15) is 4.79 Å². The van der Waals surface area contributed by atoms with Gasteiger partial charge in [-0.3, -0.25) is 9.89 Å². The number of H-pyrrole nitrogens is 1. The van der Waals surface area contributed by atoms with Crippen LogP contribution in [0.25, 0.3) is 11.3 Å². The van der Waals surface area contributed by atoms with Gasteiger partial charge < -0.3 is 14.8 Å². The summed E-state index contributed by atoms with van der Waals surface area (Å²) in [5.41, 5.74) is 4.25. The molecule has 0 saturated heterocycles. The molecule has 1 amide bonds. The third kappa shape index (κ3) is 3.51. The lowest BCUT2D eigenvalue weighted by Crippen LogP contribution is -2.28. The van der Waals surface area contributed by atoms with Crippen LogP contribution >= 0.6 is 0 Å². The van der Waals surface area contributed by atoms with Gasteiger partial charge in [-0.05, 0) is 43.2 Å². The highest BCUT2D eigenvalue weighted by atomic mass is 16.7. The maximum atomic E-state index is 12.7. The van der Waals surface area contributed by atoms with Crippen molar-refractivity contribution in [1.82, 2.24) is 15.5 Å². The maximum absolute atomic E-state index is 12.7. The molecule has 1 aliphatic rings. The Hall–Kier alpha value is -3.28. The largest absolute Gasteiger partial charge is 0.454 e. The van der Waals surface area contributed by atoms with E-state index < -0.39 is 0 Å². The minimum absolute atomic E-state index is 0.0459. The van der Waals surface area contributed by atoms with E-state index in [0.717, 1.165) is 23.3 Å². The fourth-order valence-corrected chi connectivity index (χ4v) is 3.10. The second kappa shape index (κ2) is 7.15. The number of rotatable bonds is 5. The minimum atomic E-state index is -0.179. The van der Waals surface area contributed by atoms with Crippen LogP contribution in [0.3, 0.4) is 0 Å². The van der Waals surface area contributed by atoms with Crippen molar-refractivity contribution >= 4 is 5.91 Å². The molecule has 6 nitrogen and oxygen atoms in total. The highest BCUT2D eigenvalue weighted by Crippen LogP contribution is 2.35. The number of amides is 1. The van der Waals surface area contributed by atoms with Gasteiger partial charge in [-0.2, -0.15) is 5.10 Å². The summed E-state index contributed by atoms with van der Waals surface area (Å²) in [6, 6.07) is 15.5. The molecule has 1 unspecified atom stereocenters. The van der Waals surface area contributed by atoms with Gasteiger partial charge in [0, 0.05) is 5.56 Å². The van der Waals surface area contributed by atoms with Crippen LogP contribution in [0.2, 0.25) is 0 Å². The molecular weight excluding hydrogens is 342 g/mol. The quantitative estimate of drug-likeness (QED) is 0.718. The Morgan fingerprint density at radius 1 is 1.15 bits per heavy atom. The lowest BCUT2D eigenvalue weighted by Gasteiger charge is -2.17. The number of aromatic nitrogens is 2. The van der Waals surface area contributed by atoms with Crippen molar-refractivity contribution in [2.45, 2.75) is 26.3 Å². The molecule has 0 saturated carbocycles. The van der Waals surface area contributed by atoms with E-state index in [1.807, 2.05) is 25.1 Å². The van der Waals surface area contributed by atoms with E-state index in [2.05, 4.69) is 46.7 Å². The molecule has 6 heteroatoms. The predicted molar refractivity (Wildman–Crippen MR) is 102 cm³/mol. The van der Waals surface area contributed by atoms with E-state index in [1.54, 1.807) is 6.07 Å². The number of ether oxygens (including phenoxy) is 2. The van der Waals surface area contributed by atoms with E-state index in [4.69, 9.17) is 9.47 Å². The minimum Gasteiger partial charge on any atom is -0.454 e. The molecule has 1 aliphatic heterocycles.